The number of rotatable bonds is 0. The third kappa shape index (κ3) is 1.48. The van der Waals surface area contributed by atoms with Gasteiger partial charge in [-0.25, -0.2) is 0 Å². The lowest BCUT2D eigenvalue weighted by atomic mass is 10.2. The van der Waals surface area contributed by atoms with Gasteiger partial charge in [0.15, 0.2) is 0 Å². The molecular weight excluding hydrogens is 162 g/mol. The number of benzene rings is 1. The van der Waals surface area contributed by atoms with Gasteiger partial charge in [0.25, 0.3) is 0 Å². The van der Waals surface area contributed by atoms with E-state index in [0.717, 1.165) is 21.0 Å². The summed E-state index contributed by atoms with van der Waals surface area (Å²) in [7, 11) is 0. The van der Waals surface area contributed by atoms with E-state index in [2.05, 4.69) is 31.0 Å². The monoisotopic (exact) mass is 172 g/mol. The van der Waals surface area contributed by atoms with Crippen molar-refractivity contribution in [2.45, 2.75) is 16.7 Å². The molecule has 10 heavy (non-hydrogen) atoms. The number of quaternary nitrogens is 1. The lowest BCUT2D eigenvalue weighted by Crippen LogP contribution is -2.40. The summed E-state index contributed by atoms with van der Waals surface area (Å²) in [6.45, 7) is 2.00. The Balaban J connectivity index is 3.28. The van der Waals surface area contributed by atoms with E-state index in [1.807, 2.05) is 19.1 Å². The number of hydrogen-bond donors (Lipinski definition) is 3. The smallest absolute Gasteiger partial charge is 0.142 e. The lowest BCUT2D eigenvalue weighted by Gasteiger charge is -1.99. The molecule has 0 unspecified atom stereocenters. The molecule has 3 heteroatoms. The highest BCUT2D eigenvalue weighted by Crippen LogP contribution is 2.22. The van der Waals surface area contributed by atoms with Gasteiger partial charge in [-0.15, -0.1) is 25.3 Å². The van der Waals surface area contributed by atoms with E-state index >= 15 is 0 Å². The number of thiol groups is 2. The maximum atomic E-state index is 4.24. The summed E-state index contributed by atoms with van der Waals surface area (Å²) in [6, 6.07) is 3.88. The Morgan fingerprint density at radius 2 is 1.80 bits per heavy atom. The standard InChI is InChI=1S/C7H9NS2/c1-4-2-7(10)5(8)3-6(4)9/h2-3,9-10H,8H2,1H3/p+1. The molecule has 0 amide bonds. The molecule has 0 atom stereocenters. The average Bonchev–Trinajstić information content (AvgIpc) is 1.84. The fourth-order valence-corrected chi connectivity index (χ4v) is 1.20. The Morgan fingerprint density at radius 1 is 1.20 bits per heavy atom. The molecule has 0 saturated carbocycles. The van der Waals surface area contributed by atoms with Gasteiger partial charge in [0.1, 0.15) is 5.69 Å². The largest absolute Gasteiger partial charge is 0.324 e. The Hall–Kier alpha value is -0.120. The summed E-state index contributed by atoms with van der Waals surface area (Å²) in [5.41, 5.74) is 5.87. The topological polar surface area (TPSA) is 27.6 Å². The lowest BCUT2D eigenvalue weighted by molar-refractivity contribution is -0.258. The Labute approximate surface area is 71.4 Å². The summed E-state index contributed by atoms with van der Waals surface area (Å²) in [6.07, 6.45) is 0. The van der Waals surface area contributed by atoms with Crippen molar-refractivity contribution in [3.63, 3.8) is 0 Å². The third-order valence-electron chi connectivity index (χ3n) is 1.40. The predicted molar refractivity (Wildman–Crippen MR) is 48.2 cm³/mol. The Kier molecular flexibility index (Phi) is 2.28. The average molecular weight is 172 g/mol. The zero-order valence-corrected chi connectivity index (χ0v) is 7.55. The molecule has 1 aromatic rings. The quantitative estimate of drug-likeness (QED) is 0.494. The molecule has 0 aliphatic rings. The third-order valence-corrected chi connectivity index (χ3v) is 2.30. The first kappa shape index (κ1) is 7.98. The molecule has 1 aromatic carbocycles. The number of hydrogen-bond acceptors (Lipinski definition) is 2. The summed E-state index contributed by atoms with van der Waals surface area (Å²) in [5.74, 6) is 0. The highest BCUT2D eigenvalue weighted by atomic mass is 32.1. The predicted octanol–water partition coefficient (Wildman–Crippen LogP) is 1.45. The maximum absolute atomic E-state index is 4.24. The summed E-state index contributed by atoms with van der Waals surface area (Å²) in [4.78, 5) is 1.90. The van der Waals surface area contributed by atoms with Crippen LogP contribution in [0.1, 0.15) is 5.56 Å². The van der Waals surface area contributed by atoms with Crippen LogP contribution in [-0.2, 0) is 0 Å². The second kappa shape index (κ2) is 2.86. The van der Waals surface area contributed by atoms with E-state index in [9.17, 15) is 0 Å². The minimum atomic E-state index is 0.926. The van der Waals surface area contributed by atoms with Crippen LogP contribution >= 0.6 is 25.3 Å². The second-order valence-electron chi connectivity index (χ2n) is 2.27. The van der Waals surface area contributed by atoms with Crippen LogP contribution in [0.25, 0.3) is 0 Å². The van der Waals surface area contributed by atoms with Gasteiger partial charge >= 0.3 is 0 Å². The zero-order chi connectivity index (χ0) is 7.72. The highest BCUT2D eigenvalue weighted by molar-refractivity contribution is 7.80. The molecule has 54 valence electrons. The SMILES string of the molecule is Cc1cc(S)c([NH3+])cc1S. The van der Waals surface area contributed by atoms with Crippen LogP contribution in [-0.4, -0.2) is 0 Å². The van der Waals surface area contributed by atoms with Crippen molar-refractivity contribution >= 4 is 30.9 Å². The van der Waals surface area contributed by atoms with Crippen LogP contribution in [0.3, 0.4) is 0 Å². The normalized spacial score (nSPS) is 10.0. The van der Waals surface area contributed by atoms with E-state index in [0.29, 0.717) is 0 Å². The van der Waals surface area contributed by atoms with Crippen LogP contribution in [0.4, 0.5) is 5.69 Å². The van der Waals surface area contributed by atoms with Gasteiger partial charge in [0.2, 0.25) is 0 Å². The molecule has 0 aliphatic heterocycles. The van der Waals surface area contributed by atoms with E-state index in [1.54, 1.807) is 0 Å². The van der Waals surface area contributed by atoms with Crippen molar-refractivity contribution in [2.75, 3.05) is 0 Å². The zero-order valence-electron chi connectivity index (χ0n) is 5.76. The molecule has 0 saturated heterocycles. The van der Waals surface area contributed by atoms with Crippen molar-refractivity contribution in [3.05, 3.63) is 17.7 Å². The maximum Gasteiger partial charge on any atom is 0.142 e. The molecule has 1 rings (SSSR count). The van der Waals surface area contributed by atoms with E-state index in [4.69, 9.17) is 0 Å². The van der Waals surface area contributed by atoms with E-state index in [-0.39, 0.29) is 0 Å². The first-order valence-corrected chi connectivity index (χ1v) is 3.85. The Morgan fingerprint density at radius 3 is 2.30 bits per heavy atom. The van der Waals surface area contributed by atoms with Crippen LogP contribution < -0.4 is 5.73 Å². The van der Waals surface area contributed by atoms with Crippen LogP contribution in [0.2, 0.25) is 0 Å². The molecule has 0 heterocycles. The van der Waals surface area contributed by atoms with Crippen molar-refractivity contribution in [1.82, 2.24) is 0 Å². The highest BCUT2D eigenvalue weighted by Gasteiger charge is 2.00. The van der Waals surface area contributed by atoms with Gasteiger partial charge in [-0.2, -0.15) is 0 Å². The van der Waals surface area contributed by atoms with Crippen molar-refractivity contribution in [1.29, 1.82) is 0 Å². The van der Waals surface area contributed by atoms with Gasteiger partial charge in [-0.3, -0.25) is 0 Å². The molecule has 0 bridgehead atoms. The van der Waals surface area contributed by atoms with E-state index < -0.39 is 0 Å². The fraction of sp³-hybridized carbons (Fsp3) is 0.143. The van der Waals surface area contributed by atoms with Crippen LogP contribution in [0.5, 0.6) is 0 Å². The van der Waals surface area contributed by atoms with Crippen molar-refractivity contribution < 1.29 is 5.73 Å². The summed E-state index contributed by atoms with van der Waals surface area (Å²) in [5, 5.41) is 0. The molecule has 3 N–H and O–H groups in total. The van der Waals surface area contributed by atoms with Gasteiger partial charge < -0.3 is 5.73 Å². The number of aryl methyl sites for hydroxylation is 1. The van der Waals surface area contributed by atoms with Gasteiger partial charge in [0.05, 0.1) is 4.90 Å². The van der Waals surface area contributed by atoms with Crippen molar-refractivity contribution in [3.8, 4) is 0 Å². The molecule has 0 radical (unpaired) electrons. The molecule has 0 aliphatic carbocycles. The second-order valence-corrected chi connectivity index (χ2v) is 3.23. The van der Waals surface area contributed by atoms with Gasteiger partial charge in [0, 0.05) is 11.0 Å². The minimum absolute atomic E-state index is 0.926. The molecule has 0 fully saturated rings. The molecular formula is C7H10NS2+. The first-order chi connectivity index (χ1) is 4.61. The van der Waals surface area contributed by atoms with Crippen LogP contribution in [0, 0.1) is 6.92 Å². The molecule has 0 spiro atoms. The van der Waals surface area contributed by atoms with Gasteiger partial charge in [-0.05, 0) is 18.6 Å². The fourth-order valence-electron chi connectivity index (χ4n) is 0.725. The molecule has 1 nitrogen and oxygen atoms in total. The summed E-state index contributed by atoms with van der Waals surface area (Å²) >= 11 is 8.46. The minimum Gasteiger partial charge on any atom is -0.324 e. The first-order valence-electron chi connectivity index (χ1n) is 2.96. The Bertz CT molecular complexity index is 208. The van der Waals surface area contributed by atoms with Crippen molar-refractivity contribution in [2.24, 2.45) is 0 Å². The van der Waals surface area contributed by atoms with E-state index in [1.165, 1.54) is 0 Å². The van der Waals surface area contributed by atoms with Gasteiger partial charge in [-0.1, -0.05) is 0 Å². The van der Waals surface area contributed by atoms with Crippen LogP contribution in [0.15, 0.2) is 21.9 Å². The molecule has 0 aromatic heterocycles. The summed E-state index contributed by atoms with van der Waals surface area (Å²) < 4.78 is 0.